The second-order valence-corrected chi connectivity index (χ2v) is 17.1. The number of fused-ring (bicyclic) bond motifs is 1. The van der Waals surface area contributed by atoms with Crippen LogP contribution in [0.1, 0.15) is 56.9 Å². The summed E-state index contributed by atoms with van der Waals surface area (Å²) in [6.45, 7) is 8.05. The van der Waals surface area contributed by atoms with Gasteiger partial charge in [0.05, 0.1) is 44.8 Å². The van der Waals surface area contributed by atoms with E-state index in [-0.39, 0.29) is 68.8 Å². The minimum Gasteiger partial charge on any atom is -0.480 e. The Balaban J connectivity index is 1.23. The summed E-state index contributed by atoms with van der Waals surface area (Å²) in [6.07, 6.45) is 6.00. The number of nitrogens with one attached hydrogen (secondary N) is 3. The van der Waals surface area contributed by atoms with Gasteiger partial charge in [-0.15, -0.1) is 0 Å². The first-order valence-electron chi connectivity index (χ1n) is 21.0. The van der Waals surface area contributed by atoms with Crippen LogP contribution in [-0.2, 0) is 35.4 Å². The fraction of sp³-hybridized carbons (Fsp3) is 0.700. The minimum absolute atomic E-state index is 0.0106. The van der Waals surface area contributed by atoms with Crippen LogP contribution in [0.25, 0.3) is 0 Å². The van der Waals surface area contributed by atoms with Gasteiger partial charge in [0.2, 0.25) is 5.91 Å². The third kappa shape index (κ3) is 17.7. The van der Waals surface area contributed by atoms with Crippen LogP contribution in [-0.4, -0.2) is 202 Å². The molecule has 4 unspecified atom stereocenters. The monoisotopic (exact) mass is 865 g/mol. The summed E-state index contributed by atoms with van der Waals surface area (Å²) in [5, 5.41) is 46.9. The lowest BCUT2D eigenvalue weighted by molar-refractivity contribution is -0.442. The van der Waals surface area contributed by atoms with Crippen molar-refractivity contribution in [3.63, 3.8) is 0 Å². The van der Waals surface area contributed by atoms with E-state index in [1.165, 1.54) is 4.58 Å². The maximum atomic E-state index is 12.8. The number of aliphatic carboxylic acids is 2. The van der Waals surface area contributed by atoms with Gasteiger partial charge in [-0.1, -0.05) is 18.6 Å². The first-order chi connectivity index (χ1) is 28.9. The average molecular weight is 866 g/mol. The zero-order valence-electron chi connectivity index (χ0n) is 34.6. The van der Waals surface area contributed by atoms with Gasteiger partial charge in [0, 0.05) is 94.5 Å². The van der Waals surface area contributed by atoms with Crippen LogP contribution in [0.5, 0.6) is 0 Å². The molecule has 3 aliphatic heterocycles. The topological polar surface area (TPSA) is 237 Å². The lowest BCUT2D eigenvalue weighted by Gasteiger charge is -2.38. The van der Waals surface area contributed by atoms with Crippen molar-refractivity contribution in [2.24, 2.45) is 0 Å². The molecule has 4 atom stereocenters. The van der Waals surface area contributed by atoms with Crippen LogP contribution in [0.4, 0.5) is 10.5 Å². The SMILES string of the molecule is C=[N+](CCCCCC(=O)Nc1ccc(CC2CN(CC(=O)O)CCN(CCOO)CCN(CCOO)CCN2CC(=O)O)cc1)C(=O)CCCCC1SCC2NC(=O)NC21. The second kappa shape index (κ2) is 26.6. The van der Waals surface area contributed by atoms with Gasteiger partial charge >= 0.3 is 23.9 Å². The number of benzene rings is 1. The summed E-state index contributed by atoms with van der Waals surface area (Å²) in [6, 6.07) is 7.27. The highest BCUT2D eigenvalue weighted by Crippen LogP contribution is 2.33. The fourth-order valence-corrected chi connectivity index (χ4v) is 9.52. The third-order valence-corrected chi connectivity index (χ3v) is 12.8. The molecule has 336 valence electrons. The van der Waals surface area contributed by atoms with E-state index in [4.69, 9.17) is 10.5 Å². The number of amides is 4. The Kier molecular flexibility index (Phi) is 21.7. The Morgan fingerprint density at radius 3 is 2.10 bits per heavy atom. The predicted molar refractivity (Wildman–Crippen MR) is 226 cm³/mol. The summed E-state index contributed by atoms with van der Waals surface area (Å²) in [7, 11) is 0. The van der Waals surface area contributed by atoms with Crippen molar-refractivity contribution < 1.29 is 59.1 Å². The molecule has 4 amide bonds. The molecule has 4 rings (SSSR count). The number of carbonyl (C=O) groups is 5. The van der Waals surface area contributed by atoms with Crippen molar-refractivity contribution in [1.29, 1.82) is 0 Å². The van der Waals surface area contributed by atoms with Crippen molar-refractivity contribution in [2.75, 3.05) is 103 Å². The molecule has 3 saturated heterocycles. The molecule has 0 saturated carbocycles. The fourth-order valence-electron chi connectivity index (χ4n) is 7.98. The molecule has 7 N–H and O–H groups in total. The normalized spacial score (nSPS) is 22.3. The van der Waals surface area contributed by atoms with Gasteiger partial charge in [0.25, 0.3) is 0 Å². The number of anilines is 1. The molecule has 19 nitrogen and oxygen atoms in total. The zero-order valence-corrected chi connectivity index (χ0v) is 35.4. The highest BCUT2D eigenvalue weighted by molar-refractivity contribution is 8.00. The van der Waals surface area contributed by atoms with E-state index in [9.17, 15) is 34.2 Å². The average Bonchev–Trinajstić information content (AvgIpc) is 3.77. The number of carbonyl (C=O) groups excluding carboxylic acids is 3. The molecule has 3 aliphatic rings. The van der Waals surface area contributed by atoms with Gasteiger partial charge in [-0.05, 0) is 49.8 Å². The molecule has 60 heavy (non-hydrogen) atoms. The highest BCUT2D eigenvalue weighted by atomic mass is 32.2. The Morgan fingerprint density at radius 1 is 0.817 bits per heavy atom. The van der Waals surface area contributed by atoms with Crippen LogP contribution in [0, 0.1) is 0 Å². The number of carboxylic acid groups (broad SMARTS) is 2. The van der Waals surface area contributed by atoms with Crippen molar-refractivity contribution >= 4 is 54.0 Å². The Morgan fingerprint density at radius 2 is 1.45 bits per heavy atom. The van der Waals surface area contributed by atoms with Crippen molar-refractivity contribution in [1.82, 2.24) is 30.2 Å². The number of hydrogen-bond donors (Lipinski definition) is 7. The van der Waals surface area contributed by atoms with Gasteiger partial charge in [-0.25, -0.2) is 19.4 Å². The molecule has 1 aromatic carbocycles. The summed E-state index contributed by atoms with van der Waals surface area (Å²) >= 11 is 1.87. The number of unbranched alkanes of at least 4 members (excludes halogenated alkanes) is 3. The molecule has 0 aliphatic carbocycles. The number of carboxylic acids is 2. The van der Waals surface area contributed by atoms with E-state index in [0.717, 1.165) is 43.4 Å². The van der Waals surface area contributed by atoms with E-state index >= 15 is 0 Å². The van der Waals surface area contributed by atoms with Crippen LogP contribution >= 0.6 is 11.8 Å². The van der Waals surface area contributed by atoms with Gasteiger partial charge in [-0.2, -0.15) is 16.3 Å². The minimum atomic E-state index is -1.01. The van der Waals surface area contributed by atoms with E-state index < -0.39 is 11.9 Å². The Bertz CT molecular complexity index is 1540. The van der Waals surface area contributed by atoms with E-state index in [1.54, 1.807) is 17.0 Å². The molecule has 0 spiro atoms. The van der Waals surface area contributed by atoms with Gasteiger partial charge in [0.1, 0.15) is 6.72 Å². The lowest BCUT2D eigenvalue weighted by atomic mass is 10.0. The summed E-state index contributed by atoms with van der Waals surface area (Å²) in [5.41, 5.74) is 1.51. The molecule has 1 aromatic rings. The molecule has 0 radical (unpaired) electrons. The van der Waals surface area contributed by atoms with E-state index in [2.05, 4.69) is 42.2 Å². The molecule has 3 heterocycles. The second-order valence-electron chi connectivity index (χ2n) is 15.8. The molecular formula is C40H65N8O11S+. The largest absolute Gasteiger partial charge is 0.480 e. The number of thioether (sulfide) groups is 1. The van der Waals surface area contributed by atoms with Gasteiger partial charge in [-0.3, -0.25) is 44.5 Å². The Hall–Kier alpha value is -3.73. The van der Waals surface area contributed by atoms with Gasteiger partial charge in [0.15, 0.2) is 6.54 Å². The predicted octanol–water partition coefficient (Wildman–Crippen LogP) is 1.43. The standard InChI is InChI=1S/C40H64N8O11S/c1-44(36(50)9-5-4-7-34-39-33(29-60-34)42-40(55)43-39)14-6-2-3-8-35(49)41-31-12-10-30(11-13-31)25-32-26-47(27-37(51)52)18-17-45(21-23-58-56)15-16-46(22-24-59-57)19-20-48(32)28-38(53)54/h10-13,32-34,39H,1-9,14-29H2,(H6-,41,42,43,49,51,52,53,54,55,56,57)/p+1. The van der Waals surface area contributed by atoms with E-state index in [1.807, 2.05) is 28.8 Å². The Labute approximate surface area is 356 Å². The van der Waals surface area contributed by atoms with Gasteiger partial charge < -0.3 is 26.2 Å². The lowest BCUT2D eigenvalue weighted by Crippen LogP contribution is -2.53. The number of rotatable bonds is 24. The number of hydrogen-bond acceptors (Lipinski definition) is 14. The molecule has 0 aromatic heterocycles. The van der Waals surface area contributed by atoms with Crippen molar-refractivity contribution in [2.45, 2.75) is 81.2 Å². The third-order valence-electron chi connectivity index (χ3n) is 11.3. The maximum absolute atomic E-state index is 12.8. The first-order valence-corrected chi connectivity index (χ1v) is 22.0. The summed E-state index contributed by atoms with van der Waals surface area (Å²) < 4.78 is 1.52. The van der Waals surface area contributed by atoms with E-state index in [0.29, 0.717) is 95.5 Å². The maximum Gasteiger partial charge on any atom is 0.386 e. The smallest absolute Gasteiger partial charge is 0.386 e. The first kappa shape index (κ1) is 48.9. The summed E-state index contributed by atoms with van der Waals surface area (Å²) in [5.74, 6) is -1.20. The highest BCUT2D eigenvalue weighted by Gasteiger charge is 2.42. The van der Waals surface area contributed by atoms with Crippen LogP contribution < -0.4 is 16.0 Å². The molecule has 0 bridgehead atoms. The zero-order chi connectivity index (χ0) is 43.3. The molecule has 20 heteroatoms. The van der Waals surface area contributed by atoms with Crippen LogP contribution in [0.2, 0.25) is 0 Å². The molecule has 3 fully saturated rings. The quantitative estimate of drug-likeness (QED) is 0.0194. The number of nitrogens with zero attached hydrogens (tertiary/aromatic N) is 5. The summed E-state index contributed by atoms with van der Waals surface area (Å²) in [4.78, 5) is 77.4. The van der Waals surface area contributed by atoms with Crippen molar-refractivity contribution in [3.8, 4) is 0 Å². The number of urea groups is 1. The molecular weight excluding hydrogens is 801 g/mol. The van der Waals surface area contributed by atoms with Crippen molar-refractivity contribution in [3.05, 3.63) is 29.8 Å². The van der Waals surface area contributed by atoms with Crippen LogP contribution in [0.3, 0.4) is 0 Å². The van der Waals surface area contributed by atoms with Crippen LogP contribution in [0.15, 0.2) is 24.3 Å².